The number of carbonyl (C=O) groups is 1. The Morgan fingerprint density at radius 2 is 2.05 bits per heavy atom. The average molecular weight is 298 g/mol. The number of rotatable bonds is 5. The third kappa shape index (κ3) is 3.73. The lowest BCUT2D eigenvalue weighted by molar-refractivity contribution is -0.127. The number of hydrogen-bond donors (Lipinski definition) is 1. The molecular formula is C17H18N2OS. The van der Waals surface area contributed by atoms with Gasteiger partial charge in [0.1, 0.15) is 0 Å². The van der Waals surface area contributed by atoms with Gasteiger partial charge in [-0.3, -0.25) is 4.79 Å². The second kappa shape index (κ2) is 6.14. The Morgan fingerprint density at radius 1 is 1.29 bits per heavy atom. The standard InChI is InChI=1S/C17H18N2OS/c18-15-4-1-13(2-5-15)3-8-17(20)19(16-6-7-16)11-14-9-10-21-12-14/h1-5,8-10,12,16H,6-7,11,18H2/b8-3+. The van der Waals surface area contributed by atoms with Crippen LogP contribution >= 0.6 is 11.3 Å². The fourth-order valence-electron chi connectivity index (χ4n) is 2.22. The summed E-state index contributed by atoms with van der Waals surface area (Å²) in [6, 6.07) is 10.0. The van der Waals surface area contributed by atoms with Crippen LogP contribution in [-0.2, 0) is 11.3 Å². The Kier molecular flexibility index (Phi) is 4.06. The third-order valence-corrected chi connectivity index (χ3v) is 4.29. The summed E-state index contributed by atoms with van der Waals surface area (Å²) >= 11 is 1.67. The molecule has 0 spiro atoms. The van der Waals surface area contributed by atoms with Gasteiger partial charge >= 0.3 is 0 Å². The fourth-order valence-corrected chi connectivity index (χ4v) is 2.88. The number of hydrogen-bond acceptors (Lipinski definition) is 3. The molecule has 1 amide bonds. The molecule has 1 saturated carbocycles. The first-order valence-electron chi connectivity index (χ1n) is 7.08. The number of nitrogen functional groups attached to an aromatic ring is 1. The van der Waals surface area contributed by atoms with Crippen molar-refractivity contribution in [3.8, 4) is 0 Å². The highest BCUT2D eigenvalue weighted by Crippen LogP contribution is 2.29. The van der Waals surface area contributed by atoms with Gasteiger partial charge in [0.25, 0.3) is 0 Å². The Labute approximate surface area is 128 Å². The lowest BCUT2D eigenvalue weighted by Crippen LogP contribution is -2.30. The lowest BCUT2D eigenvalue weighted by Gasteiger charge is -2.20. The van der Waals surface area contributed by atoms with Crippen LogP contribution in [0.4, 0.5) is 5.69 Å². The Morgan fingerprint density at radius 3 is 2.67 bits per heavy atom. The summed E-state index contributed by atoms with van der Waals surface area (Å²) in [6.45, 7) is 0.707. The second-order valence-corrected chi connectivity index (χ2v) is 6.11. The molecule has 1 aromatic carbocycles. The number of nitrogens with zero attached hydrogens (tertiary/aromatic N) is 1. The molecule has 3 nitrogen and oxygen atoms in total. The molecule has 1 fully saturated rings. The summed E-state index contributed by atoms with van der Waals surface area (Å²) in [4.78, 5) is 14.4. The van der Waals surface area contributed by atoms with E-state index in [0.717, 1.165) is 24.1 Å². The zero-order valence-electron chi connectivity index (χ0n) is 11.7. The van der Waals surface area contributed by atoms with Crippen LogP contribution in [0.3, 0.4) is 0 Å². The summed E-state index contributed by atoms with van der Waals surface area (Å²) < 4.78 is 0. The zero-order chi connectivity index (χ0) is 14.7. The van der Waals surface area contributed by atoms with Gasteiger partial charge in [-0.05, 0) is 59.0 Å². The SMILES string of the molecule is Nc1ccc(/C=C/C(=O)N(Cc2ccsc2)C2CC2)cc1. The number of amides is 1. The monoisotopic (exact) mass is 298 g/mol. The smallest absolute Gasteiger partial charge is 0.247 e. The van der Waals surface area contributed by atoms with Gasteiger partial charge in [-0.1, -0.05) is 12.1 Å². The van der Waals surface area contributed by atoms with Crippen molar-refractivity contribution in [2.24, 2.45) is 0 Å². The number of anilines is 1. The Balaban J connectivity index is 1.68. The Hall–Kier alpha value is -2.07. The molecule has 0 atom stereocenters. The van der Waals surface area contributed by atoms with E-state index < -0.39 is 0 Å². The number of thiophene rings is 1. The van der Waals surface area contributed by atoms with E-state index in [0.29, 0.717) is 12.6 Å². The molecule has 108 valence electrons. The van der Waals surface area contributed by atoms with Gasteiger partial charge in [0.05, 0.1) is 0 Å². The van der Waals surface area contributed by atoms with Crippen molar-refractivity contribution in [2.75, 3.05) is 5.73 Å². The maximum atomic E-state index is 12.4. The minimum atomic E-state index is 0.0838. The molecule has 21 heavy (non-hydrogen) atoms. The van der Waals surface area contributed by atoms with Crippen LogP contribution in [0.25, 0.3) is 6.08 Å². The van der Waals surface area contributed by atoms with Crippen LogP contribution in [0, 0.1) is 0 Å². The molecule has 0 radical (unpaired) electrons. The third-order valence-electron chi connectivity index (χ3n) is 3.56. The predicted molar refractivity (Wildman–Crippen MR) is 87.8 cm³/mol. The first-order chi connectivity index (χ1) is 10.2. The van der Waals surface area contributed by atoms with Gasteiger partial charge in [0.15, 0.2) is 0 Å². The van der Waals surface area contributed by atoms with Crippen molar-refractivity contribution in [1.82, 2.24) is 4.90 Å². The van der Waals surface area contributed by atoms with E-state index in [9.17, 15) is 4.79 Å². The summed E-state index contributed by atoms with van der Waals surface area (Å²) in [5.41, 5.74) is 8.59. The largest absolute Gasteiger partial charge is 0.399 e. The number of nitrogens with two attached hydrogens (primary N) is 1. The average Bonchev–Trinajstić information content (AvgIpc) is 3.20. The molecule has 2 aromatic rings. The first-order valence-corrected chi connectivity index (χ1v) is 8.02. The van der Waals surface area contributed by atoms with Crippen LogP contribution in [0.2, 0.25) is 0 Å². The highest BCUT2D eigenvalue weighted by Gasteiger charge is 2.31. The first kappa shape index (κ1) is 13.9. The predicted octanol–water partition coefficient (Wildman–Crippen LogP) is 3.53. The van der Waals surface area contributed by atoms with E-state index in [4.69, 9.17) is 5.73 Å². The van der Waals surface area contributed by atoms with Crippen molar-refractivity contribution in [1.29, 1.82) is 0 Å². The van der Waals surface area contributed by atoms with Gasteiger partial charge < -0.3 is 10.6 Å². The zero-order valence-corrected chi connectivity index (χ0v) is 12.6. The van der Waals surface area contributed by atoms with Gasteiger partial charge in [0.2, 0.25) is 5.91 Å². The molecule has 3 rings (SSSR count). The van der Waals surface area contributed by atoms with E-state index in [1.54, 1.807) is 17.4 Å². The van der Waals surface area contributed by atoms with Crippen molar-refractivity contribution in [2.45, 2.75) is 25.4 Å². The number of carbonyl (C=O) groups excluding carboxylic acids is 1. The van der Waals surface area contributed by atoms with E-state index >= 15 is 0 Å². The molecule has 0 saturated heterocycles. The molecule has 1 aliphatic rings. The van der Waals surface area contributed by atoms with Gasteiger partial charge in [-0.15, -0.1) is 0 Å². The van der Waals surface area contributed by atoms with Crippen LogP contribution in [-0.4, -0.2) is 16.8 Å². The van der Waals surface area contributed by atoms with Crippen LogP contribution in [0.1, 0.15) is 24.0 Å². The van der Waals surface area contributed by atoms with Crippen molar-refractivity contribution < 1.29 is 4.79 Å². The minimum Gasteiger partial charge on any atom is -0.399 e. The van der Waals surface area contributed by atoms with E-state index in [-0.39, 0.29) is 5.91 Å². The highest BCUT2D eigenvalue weighted by atomic mass is 32.1. The quantitative estimate of drug-likeness (QED) is 0.678. The van der Waals surface area contributed by atoms with E-state index in [1.807, 2.05) is 35.2 Å². The Bertz CT molecular complexity index is 627. The molecular weight excluding hydrogens is 280 g/mol. The molecule has 2 N–H and O–H groups in total. The molecule has 4 heteroatoms. The summed E-state index contributed by atoms with van der Waals surface area (Å²) in [5, 5.41) is 4.15. The molecule has 0 aliphatic heterocycles. The van der Waals surface area contributed by atoms with Crippen LogP contribution in [0.15, 0.2) is 47.2 Å². The van der Waals surface area contributed by atoms with Crippen molar-refractivity contribution >= 4 is 29.0 Å². The van der Waals surface area contributed by atoms with Gasteiger partial charge in [0, 0.05) is 24.4 Å². The minimum absolute atomic E-state index is 0.0838. The van der Waals surface area contributed by atoms with Gasteiger partial charge in [-0.25, -0.2) is 0 Å². The second-order valence-electron chi connectivity index (χ2n) is 5.33. The normalized spacial score (nSPS) is 14.5. The summed E-state index contributed by atoms with van der Waals surface area (Å²) in [6.07, 6.45) is 5.75. The van der Waals surface area contributed by atoms with E-state index in [2.05, 4.69) is 16.8 Å². The van der Waals surface area contributed by atoms with E-state index in [1.165, 1.54) is 5.56 Å². The topological polar surface area (TPSA) is 46.3 Å². The number of benzene rings is 1. The van der Waals surface area contributed by atoms with Gasteiger partial charge in [-0.2, -0.15) is 11.3 Å². The maximum absolute atomic E-state index is 12.4. The molecule has 1 aliphatic carbocycles. The van der Waals surface area contributed by atoms with Crippen LogP contribution < -0.4 is 5.73 Å². The summed E-state index contributed by atoms with van der Waals surface area (Å²) in [7, 11) is 0. The van der Waals surface area contributed by atoms with Crippen molar-refractivity contribution in [3.63, 3.8) is 0 Å². The highest BCUT2D eigenvalue weighted by molar-refractivity contribution is 7.07. The van der Waals surface area contributed by atoms with Crippen molar-refractivity contribution in [3.05, 3.63) is 58.3 Å². The molecule has 0 unspecified atom stereocenters. The maximum Gasteiger partial charge on any atom is 0.247 e. The molecule has 0 bridgehead atoms. The molecule has 1 aromatic heterocycles. The fraction of sp³-hybridized carbons (Fsp3) is 0.235. The van der Waals surface area contributed by atoms with Crippen LogP contribution in [0.5, 0.6) is 0 Å². The lowest BCUT2D eigenvalue weighted by atomic mass is 10.2. The molecule has 1 heterocycles. The summed E-state index contributed by atoms with van der Waals surface area (Å²) in [5.74, 6) is 0.0838.